The number of aromatic nitrogens is 1. The maximum absolute atomic E-state index is 13.5. The lowest BCUT2D eigenvalue weighted by molar-refractivity contribution is -0.130. The third-order valence-electron chi connectivity index (χ3n) is 5.05. The molecule has 0 saturated heterocycles. The SMILES string of the molecule is CCN=C(NC#N)NC1CN=C(Nc2ccc(Oc3ccon3)cc2)N(Cc2ccc(Cl)cc2)C1=O. The van der Waals surface area contributed by atoms with Crippen molar-refractivity contribution >= 4 is 35.1 Å². The third kappa shape index (κ3) is 6.31. The highest BCUT2D eigenvalue weighted by atomic mass is 35.5. The van der Waals surface area contributed by atoms with Gasteiger partial charge in [-0.25, -0.2) is 4.99 Å². The number of amides is 1. The van der Waals surface area contributed by atoms with Crippen LogP contribution in [0.25, 0.3) is 0 Å². The average molecular weight is 507 g/mol. The number of rotatable bonds is 7. The molecule has 2 aromatic carbocycles. The Morgan fingerprint density at radius 2 is 2.03 bits per heavy atom. The van der Waals surface area contributed by atoms with Gasteiger partial charge in [0.2, 0.25) is 11.9 Å². The van der Waals surface area contributed by atoms with Crippen LogP contribution in [0.4, 0.5) is 5.69 Å². The molecule has 1 unspecified atom stereocenters. The van der Waals surface area contributed by atoms with Crippen molar-refractivity contribution in [1.82, 2.24) is 20.7 Å². The fraction of sp³-hybridized carbons (Fsp3) is 0.208. The van der Waals surface area contributed by atoms with Gasteiger partial charge in [-0.05, 0) is 54.0 Å². The minimum Gasteiger partial charge on any atom is -0.436 e. The third-order valence-corrected chi connectivity index (χ3v) is 5.30. The molecule has 3 N–H and O–H groups in total. The zero-order chi connectivity index (χ0) is 25.3. The van der Waals surface area contributed by atoms with Crippen LogP contribution in [0.5, 0.6) is 11.6 Å². The summed E-state index contributed by atoms with van der Waals surface area (Å²) in [6.07, 6.45) is 3.25. The van der Waals surface area contributed by atoms with Gasteiger partial charge in [-0.2, -0.15) is 5.26 Å². The topological polar surface area (TPSA) is 140 Å². The van der Waals surface area contributed by atoms with Crippen LogP contribution in [0, 0.1) is 11.5 Å². The van der Waals surface area contributed by atoms with Gasteiger partial charge in [-0.3, -0.25) is 20.0 Å². The first-order chi connectivity index (χ1) is 17.6. The molecule has 1 atom stereocenters. The first-order valence-corrected chi connectivity index (χ1v) is 11.4. The van der Waals surface area contributed by atoms with Crippen molar-refractivity contribution in [2.75, 3.05) is 18.4 Å². The van der Waals surface area contributed by atoms with Crippen molar-refractivity contribution in [3.8, 4) is 17.8 Å². The second kappa shape index (κ2) is 11.7. The monoisotopic (exact) mass is 506 g/mol. The molecule has 1 aliphatic rings. The molecule has 11 nitrogen and oxygen atoms in total. The quantitative estimate of drug-likeness (QED) is 0.192. The number of halogens is 1. The Bertz CT molecular complexity index is 1270. The molecule has 1 aromatic heterocycles. The number of anilines is 1. The highest BCUT2D eigenvalue weighted by Crippen LogP contribution is 2.22. The molecule has 0 radical (unpaired) electrons. The van der Waals surface area contributed by atoms with Gasteiger partial charge in [0, 0.05) is 23.3 Å². The molecule has 184 valence electrons. The summed E-state index contributed by atoms with van der Waals surface area (Å²) in [4.78, 5) is 23.8. The molecule has 0 spiro atoms. The van der Waals surface area contributed by atoms with E-state index in [1.165, 1.54) is 6.26 Å². The fourth-order valence-corrected chi connectivity index (χ4v) is 3.51. The van der Waals surface area contributed by atoms with Crippen molar-refractivity contribution in [1.29, 1.82) is 5.26 Å². The molecule has 1 aliphatic heterocycles. The van der Waals surface area contributed by atoms with Crippen molar-refractivity contribution in [2.45, 2.75) is 19.5 Å². The standard InChI is InChI=1S/C24H23ClN8O3/c1-2-27-23(29-15-26)31-20-13-28-24(33(22(20)34)14-16-3-5-17(25)6-4-16)30-18-7-9-19(10-8-18)36-21-11-12-35-32-21/h3-12,20H,2,13-14H2,1H3,(H,28,30)(H2,27,29,31). The van der Waals surface area contributed by atoms with Crippen molar-refractivity contribution in [3.63, 3.8) is 0 Å². The number of hydrogen-bond acceptors (Lipinski definition) is 8. The first-order valence-electron chi connectivity index (χ1n) is 11.1. The maximum Gasteiger partial charge on any atom is 0.259 e. The van der Waals surface area contributed by atoms with Crippen LogP contribution in [0.3, 0.4) is 0 Å². The number of ether oxygens (including phenoxy) is 1. The molecule has 1 amide bonds. The minimum absolute atomic E-state index is 0.154. The Morgan fingerprint density at radius 1 is 1.25 bits per heavy atom. The smallest absolute Gasteiger partial charge is 0.259 e. The van der Waals surface area contributed by atoms with Crippen molar-refractivity contribution < 1.29 is 14.1 Å². The lowest BCUT2D eigenvalue weighted by atomic mass is 10.1. The second-order valence-electron chi connectivity index (χ2n) is 7.56. The minimum atomic E-state index is -0.702. The molecule has 0 bridgehead atoms. The van der Waals surface area contributed by atoms with Crippen LogP contribution in [-0.2, 0) is 11.3 Å². The largest absolute Gasteiger partial charge is 0.436 e. The predicted octanol–water partition coefficient (Wildman–Crippen LogP) is 3.34. The Morgan fingerprint density at radius 3 is 2.69 bits per heavy atom. The Balaban J connectivity index is 1.53. The molecule has 0 saturated carbocycles. The van der Waals surface area contributed by atoms with E-state index in [0.29, 0.717) is 34.8 Å². The van der Waals surface area contributed by atoms with Crippen LogP contribution in [-0.4, -0.2) is 47.0 Å². The number of hydrogen-bond donors (Lipinski definition) is 3. The maximum atomic E-state index is 13.5. The van der Waals surface area contributed by atoms with E-state index in [4.69, 9.17) is 26.1 Å². The van der Waals surface area contributed by atoms with Crippen molar-refractivity contribution in [3.05, 3.63) is 71.4 Å². The number of carbonyl (C=O) groups excluding carboxylic acids is 1. The van der Waals surface area contributed by atoms with E-state index in [9.17, 15) is 4.79 Å². The molecule has 12 heteroatoms. The Hall–Kier alpha value is -4.56. The highest BCUT2D eigenvalue weighted by Gasteiger charge is 2.33. The second-order valence-corrected chi connectivity index (χ2v) is 8.00. The van der Waals surface area contributed by atoms with E-state index in [1.54, 1.807) is 47.4 Å². The summed E-state index contributed by atoms with van der Waals surface area (Å²) in [5.74, 6) is 1.31. The number of nitriles is 1. The van der Waals surface area contributed by atoms with Gasteiger partial charge in [0.15, 0.2) is 6.19 Å². The van der Waals surface area contributed by atoms with E-state index in [2.05, 4.69) is 31.1 Å². The first kappa shape index (κ1) is 24.6. The van der Waals surface area contributed by atoms with Crippen molar-refractivity contribution in [2.24, 2.45) is 9.98 Å². The van der Waals surface area contributed by atoms with Gasteiger partial charge in [-0.1, -0.05) is 23.7 Å². The summed E-state index contributed by atoms with van der Waals surface area (Å²) in [5.41, 5.74) is 1.58. The van der Waals surface area contributed by atoms with Gasteiger partial charge in [0.05, 0.1) is 13.1 Å². The Labute approximate surface area is 212 Å². The van der Waals surface area contributed by atoms with E-state index >= 15 is 0 Å². The molecule has 3 aromatic rings. The zero-order valence-electron chi connectivity index (χ0n) is 19.3. The summed E-state index contributed by atoms with van der Waals surface area (Å²) < 4.78 is 10.4. The summed E-state index contributed by atoms with van der Waals surface area (Å²) in [6.45, 7) is 2.69. The highest BCUT2D eigenvalue weighted by molar-refractivity contribution is 6.30. The van der Waals surface area contributed by atoms with Crippen LogP contribution in [0.1, 0.15) is 12.5 Å². The molecule has 2 heterocycles. The normalized spacial score (nSPS) is 15.6. The zero-order valence-corrected chi connectivity index (χ0v) is 20.1. The molecular weight excluding hydrogens is 484 g/mol. The summed E-state index contributed by atoms with van der Waals surface area (Å²) in [5, 5.41) is 22.0. The van der Waals surface area contributed by atoms with Gasteiger partial charge in [-0.15, -0.1) is 0 Å². The van der Waals surface area contributed by atoms with Gasteiger partial charge >= 0.3 is 0 Å². The summed E-state index contributed by atoms with van der Waals surface area (Å²) >= 11 is 6.02. The fourth-order valence-electron chi connectivity index (χ4n) is 3.38. The van der Waals surface area contributed by atoms with Gasteiger partial charge in [0.25, 0.3) is 11.8 Å². The van der Waals surface area contributed by atoms with Crippen LogP contribution in [0.2, 0.25) is 5.02 Å². The molecule has 0 fully saturated rings. The summed E-state index contributed by atoms with van der Waals surface area (Å²) in [7, 11) is 0. The number of guanidine groups is 2. The Kier molecular flexibility index (Phi) is 8.00. The molecule has 4 rings (SSSR count). The average Bonchev–Trinajstić information content (AvgIpc) is 3.39. The molecule has 0 aliphatic carbocycles. The van der Waals surface area contributed by atoms with Gasteiger partial charge in [0.1, 0.15) is 18.1 Å². The summed E-state index contributed by atoms with van der Waals surface area (Å²) in [6, 6.07) is 15.3. The van der Waals surface area contributed by atoms with E-state index in [0.717, 1.165) is 5.56 Å². The molecular formula is C24H23ClN8O3. The number of nitrogens with one attached hydrogen (secondary N) is 3. The van der Waals surface area contributed by atoms with E-state index in [-0.39, 0.29) is 25.0 Å². The lowest BCUT2D eigenvalue weighted by Gasteiger charge is -2.33. The number of benzene rings is 2. The van der Waals surface area contributed by atoms with E-state index in [1.807, 2.05) is 25.2 Å². The van der Waals surface area contributed by atoms with Crippen LogP contribution in [0.15, 0.2) is 75.4 Å². The predicted molar refractivity (Wildman–Crippen MR) is 135 cm³/mol. The molecule has 36 heavy (non-hydrogen) atoms. The number of carbonyl (C=O) groups is 1. The van der Waals surface area contributed by atoms with E-state index < -0.39 is 6.04 Å². The van der Waals surface area contributed by atoms with Crippen LogP contribution < -0.4 is 20.7 Å². The number of aliphatic imine (C=N–C) groups is 2. The lowest BCUT2D eigenvalue weighted by Crippen LogP contribution is -2.58. The number of nitrogens with zero attached hydrogens (tertiary/aromatic N) is 5. The van der Waals surface area contributed by atoms with Crippen LogP contribution >= 0.6 is 11.6 Å². The van der Waals surface area contributed by atoms with Gasteiger partial charge < -0.3 is 19.9 Å².